The summed E-state index contributed by atoms with van der Waals surface area (Å²) in [4.78, 5) is 15.2. The summed E-state index contributed by atoms with van der Waals surface area (Å²) in [5.41, 5.74) is -0.0106. The van der Waals surface area contributed by atoms with E-state index in [1.807, 2.05) is 0 Å². The number of piperidine rings is 1. The summed E-state index contributed by atoms with van der Waals surface area (Å²) in [5, 5.41) is 3.60. The van der Waals surface area contributed by atoms with E-state index in [0.29, 0.717) is 17.9 Å². The molecule has 1 heterocycles. The molecule has 2 fully saturated rings. The van der Waals surface area contributed by atoms with Crippen LogP contribution in [-0.2, 0) is 4.79 Å². The summed E-state index contributed by atoms with van der Waals surface area (Å²) in [6.07, 6.45) is 8.03. The molecular weight excluding hydrogens is 248 g/mol. The summed E-state index contributed by atoms with van der Waals surface area (Å²) >= 11 is 0. The number of amides is 1. The third-order valence-electron chi connectivity index (χ3n) is 5.70. The maximum atomic E-state index is 13.0. The molecule has 0 aromatic heterocycles. The quantitative estimate of drug-likeness (QED) is 0.839. The third-order valence-corrected chi connectivity index (χ3v) is 5.70. The number of rotatable bonds is 5. The SMILES string of the molecule is CCNC1CCN(C(=O)C2(CC)CCCC2)CC1CC. The van der Waals surface area contributed by atoms with Crippen molar-refractivity contribution in [2.75, 3.05) is 19.6 Å². The van der Waals surface area contributed by atoms with Crippen LogP contribution in [0.1, 0.15) is 65.7 Å². The number of nitrogens with zero attached hydrogens (tertiary/aromatic N) is 1. The number of hydrogen-bond acceptors (Lipinski definition) is 2. The minimum absolute atomic E-state index is 0.0106. The molecule has 1 aliphatic heterocycles. The first kappa shape index (κ1) is 15.8. The Hall–Kier alpha value is -0.570. The molecule has 1 amide bonds. The Bertz CT molecular complexity index is 323. The van der Waals surface area contributed by atoms with Crippen LogP contribution < -0.4 is 5.32 Å². The van der Waals surface area contributed by atoms with Gasteiger partial charge in [0, 0.05) is 24.5 Å². The Labute approximate surface area is 124 Å². The fourth-order valence-corrected chi connectivity index (χ4v) is 4.27. The molecule has 20 heavy (non-hydrogen) atoms. The van der Waals surface area contributed by atoms with Crippen molar-refractivity contribution < 1.29 is 4.79 Å². The molecule has 0 spiro atoms. The van der Waals surface area contributed by atoms with Crippen LogP contribution in [0.4, 0.5) is 0 Å². The Balaban J connectivity index is 2.01. The highest BCUT2D eigenvalue weighted by molar-refractivity contribution is 5.83. The molecule has 1 aliphatic carbocycles. The predicted molar refractivity (Wildman–Crippen MR) is 83.6 cm³/mol. The highest BCUT2D eigenvalue weighted by Crippen LogP contribution is 2.43. The molecule has 2 atom stereocenters. The van der Waals surface area contributed by atoms with Gasteiger partial charge in [0.25, 0.3) is 0 Å². The van der Waals surface area contributed by atoms with Gasteiger partial charge < -0.3 is 10.2 Å². The normalized spacial score (nSPS) is 29.6. The fraction of sp³-hybridized carbons (Fsp3) is 0.941. The van der Waals surface area contributed by atoms with E-state index in [1.54, 1.807) is 0 Å². The second-order valence-electron chi connectivity index (χ2n) is 6.71. The second-order valence-corrected chi connectivity index (χ2v) is 6.71. The molecular formula is C17H32N2O. The molecule has 2 aliphatic rings. The van der Waals surface area contributed by atoms with Gasteiger partial charge in [-0.25, -0.2) is 0 Å². The van der Waals surface area contributed by atoms with Crippen molar-refractivity contribution in [2.45, 2.75) is 71.8 Å². The lowest BCUT2D eigenvalue weighted by atomic mass is 9.80. The van der Waals surface area contributed by atoms with Crippen molar-refractivity contribution in [2.24, 2.45) is 11.3 Å². The molecule has 116 valence electrons. The predicted octanol–water partition coefficient (Wildman–Crippen LogP) is 3.19. The van der Waals surface area contributed by atoms with Crippen LogP contribution in [-0.4, -0.2) is 36.5 Å². The van der Waals surface area contributed by atoms with Crippen LogP contribution >= 0.6 is 0 Å². The highest BCUT2D eigenvalue weighted by Gasteiger charge is 2.43. The minimum atomic E-state index is -0.0106. The van der Waals surface area contributed by atoms with Gasteiger partial charge in [0.2, 0.25) is 5.91 Å². The van der Waals surface area contributed by atoms with E-state index in [1.165, 1.54) is 19.3 Å². The van der Waals surface area contributed by atoms with Gasteiger partial charge in [-0.15, -0.1) is 0 Å². The van der Waals surface area contributed by atoms with Crippen LogP contribution in [0.25, 0.3) is 0 Å². The smallest absolute Gasteiger partial charge is 0.228 e. The molecule has 0 aromatic carbocycles. The molecule has 1 saturated carbocycles. The molecule has 1 saturated heterocycles. The van der Waals surface area contributed by atoms with Gasteiger partial charge in [-0.3, -0.25) is 4.79 Å². The molecule has 0 radical (unpaired) electrons. The zero-order valence-electron chi connectivity index (χ0n) is 13.6. The molecule has 1 N–H and O–H groups in total. The van der Waals surface area contributed by atoms with Crippen molar-refractivity contribution in [3.8, 4) is 0 Å². The second kappa shape index (κ2) is 6.93. The van der Waals surface area contributed by atoms with E-state index in [2.05, 4.69) is 31.0 Å². The van der Waals surface area contributed by atoms with E-state index >= 15 is 0 Å². The monoisotopic (exact) mass is 280 g/mol. The lowest BCUT2D eigenvalue weighted by Crippen LogP contribution is -2.53. The van der Waals surface area contributed by atoms with Crippen molar-refractivity contribution in [3.63, 3.8) is 0 Å². The van der Waals surface area contributed by atoms with Gasteiger partial charge in [0.1, 0.15) is 0 Å². The van der Waals surface area contributed by atoms with Crippen LogP contribution in [0, 0.1) is 11.3 Å². The first-order chi connectivity index (χ1) is 9.66. The summed E-state index contributed by atoms with van der Waals surface area (Å²) in [6.45, 7) is 9.59. The maximum Gasteiger partial charge on any atom is 0.228 e. The van der Waals surface area contributed by atoms with Gasteiger partial charge in [0.05, 0.1) is 0 Å². The highest BCUT2D eigenvalue weighted by atomic mass is 16.2. The number of hydrogen-bond donors (Lipinski definition) is 1. The largest absolute Gasteiger partial charge is 0.342 e. The van der Waals surface area contributed by atoms with Crippen molar-refractivity contribution >= 4 is 5.91 Å². The Morgan fingerprint density at radius 2 is 1.95 bits per heavy atom. The zero-order chi connectivity index (χ0) is 14.6. The molecule has 3 heteroatoms. The van der Waals surface area contributed by atoms with Crippen molar-refractivity contribution in [1.29, 1.82) is 0 Å². The third kappa shape index (κ3) is 3.03. The van der Waals surface area contributed by atoms with Crippen LogP contribution in [0.5, 0.6) is 0 Å². The van der Waals surface area contributed by atoms with E-state index in [0.717, 1.165) is 45.3 Å². The number of nitrogens with one attached hydrogen (secondary N) is 1. The Kier molecular flexibility index (Phi) is 5.48. The first-order valence-corrected chi connectivity index (χ1v) is 8.69. The van der Waals surface area contributed by atoms with E-state index < -0.39 is 0 Å². The Morgan fingerprint density at radius 3 is 2.50 bits per heavy atom. The van der Waals surface area contributed by atoms with Crippen LogP contribution in [0.3, 0.4) is 0 Å². The summed E-state index contributed by atoms with van der Waals surface area (Å²) in [6, 6.07) is 0.607. The standard InChI is InChI=1S/C17H32N2O/c1-4-14-13-19(12-9-15(14)18-6-3)16(20)17(5-2)10-7-8-11-17/h14-15,18H,4-13H2,1-3H3. The lowest BCUT2D eigenvalue weighted by Gasteiger charge is -2.42. The maximum absolute atomic E-state index is 13.0. The summed E-state index contributed by atoms with van der Waals surface area (Å²) in [5.74, 6) is 1.09. The van der Waals surface area contributed by atoms with Gasteiger partial charge in [-0.1, -0.05) is 40.0 Å². The topological polar surface area (TPSA) is 32.3 Å². The molecule has 2 unspecified atom stereocenters. The van der Waals surface area contributed by atoms with Gasteiger partial charge in [-0.2, -0.15) is 0 Å². The summed E-state index contributed by atoms with van der Waals surface area (Å²) < 4.78 is 0. The fourth-order valence-electron chi connectivity index (χ4n) is 4.27. The molecule has 0 aromatic rings. The Morgan fingerprint density at radius 1 is 1.25 bits per heavy atom. The molecule has 2 rings (SSSR count). The average Bonchev–Trinajstić information content (AvgIpc) is 2.97. The number of carbonyl (C=O) groups is 1. The zero-order valence-corrected chi connectivity index (χ0v) is 13.6. The van der Waals surface area contributed by atoms with Gasteiger partial charge in [0.15, 0.2) is 0 Å². The first-order valence-electron chi connectivity index (χ1n) is 8.69. The number of carbonyl (C=O) groups excluding carboxylic acids is 1. The van der Waals surface area contributed by atoms with Gasteiger partial charge in [-0.05, 0) is 38.1 Å². The molecule has 0 bridgehead atoms. The van der Waals surface area contributed by atoms with E-state index in [4.69, 9.17) is 0 Å². The van der Waals surface area contributed by atoms with E-state index in [-0.39, 0.29) is 5.41 Å². The molecule has 3 nitrogen and oxygen atoms in total. The van der Waals surface area contributed by atoms with E-state index in [9.17, 15) is 4.79 Å². The minimum Gasteiger partial charge on any atom is -0.342 e. The van der Waals surface area contributed by atoms with Crippen molar-refractivity contribution in [3.05, 3.63) is 0 Å². The van der Waals surface area contributed by atoms with Gasteiger partial charge >= 0.3 is 0 Å². The van der Waals surface area contributed by atoms with Crippen molar-refractivity contribution in [1.82, 2.24) is 10.2 Å². The number of likely N-dealkylation sites (tertiary alicyclic amines) is 1. The average molecular weight is 280 g/mol. The lowest BCUT2D eigenvalue weighted by molar-refractivity contribution is -0.144. The summed E-state index contributed by atoms with van der Waals surface area (Å²) in [7, 11) is 0. The van der Waals surface area contributed by atoms with Crippen LogP contribution in [0.15, 0.2) is 0 Å². The van der Waals surface area contributed by atoms with Crippen LogP contribution in [0.2, 0.25) is 0 Å².